The van der Waals surface area contributed by atoms with Crippen molar-refractivity contribution in [3.63, 3.8) is 0 Å². The molecule has 0 saturated heterocycles. The molecule has 0 rings (SSSR count). The van der Waals surface area contributed by atoms with Crippen LogP contribution in [0.25, 0.3) is 0 Å². The zero-order valence-corrected chi connectivity index (χ0v) is 33.4. The van der Waals surface area contributed by atoms with Crippen molar-refractivity contribution >= 4 is 69.8 Å². The molecule has 25 heteroatoms. The lowest BCUT2D eigenvalue weighted by atomic mass is 9.73. The van der Waals surface area contributed by atoms with Gasteiger partial charge in [-0.05, 0) is 24.7 Å². The van der Waals surface area contributed by atoms with Crippen molar-refractivity contribution in [2.75, 3.05) is 51.8 Å². The lowest BCUT2D eigenvalue weighted by molar-refractivity contribution is -0.143. The third-order valence-electron chi connectivity index (χ3n) is 7.73. The Kier molecular flexibility index (Phi) is 23.5. The molecule has 0 aliphatic heterocycles. The van der Waals surface area contributed by atoms with Crippen molar-refractivity contribution < 1.29 is 85.7 Å². The van der Waals surface area contributed by atoms with Crippen molar-refractivity contribution in [2.45, 2.75) is 84.3 Å². The number of carboxylic acid groups (broad SMARTS) is 3. The van der Waals surface area contributed by atoms with Gasteiger partial charge in [-0.25, -0.2) is 9.59 Å². The minimum atomic E-state index is -4.88. The molecule has 0 aliphatic rings. The first-order valence-corrected chi connectivity index (χ1v) is 19.3. The molecule has 0 heterocycles. The molecule has 0 aromatic heterocycles. The fourth-order valence-electron chi connectivity index (χ4n) is 5.29. The van der Waals surface area contributed by atoms with E-state index in [-0.39, 0.29) is 58.6 Å². The number of nitrogens with one attached hydrogen (secondary N) is 6. The molecule has 58 heavy (non-hydrogen) atoms. The quantitative estimate of drug-likeness (QED) is 0.0184. The Bertz CT molecular complexity index is 1590. The highest BCUT2D eigenvalue weighted by Gasteiger charge is 2.39. The van der Waals surface area contributed by atoms with E-state index in [0.717, 1.165) is 0 Å². The second kappa shape index (κ2) is 25.9. The normalized spacial score (nSPS) is 13.1. The average molecular weight is 855 g/mol. The SMILES string of the molecule is CC(C)(CC(=O)O)CC(C)(C)C(=O)NC(CS(=O)(=O)O)C(=O)NC(CCC(=O)NCCOCCOCC(=O)NC(CCC(=O)NCC(=O)NCC=O)C(=O)O)C(=O)O. The summed E-state index contributed by atoms with van der Waals surface area (Å²) in [5.41, 5.74) is -2.23. The number of hydrogen-bond donors (Lipinski definition) is 10. The Labute approximate surface area is 334 Å². The first-order valence-electron chi connectivity index (χ1n) is 17.7. The first kappa shape index (κ1) is 52.7. The van der Waals surface area contributed by atoms with Crippen LogP contribution in [0.1, 0.15) is 66.2 Å². The summed E-state index contributed by atoms with van der Waals surface area (Å²) < 4.78 is 43.0. The van der Waals surface area contributed by atoms with Gasteiger partial charge in [-0.15, -0.1) is 0 Å². The molecule has 10 N–H and O–H groups in total. The van der Waals surface area contributed by atoms with Gasteiger partial charge in [-0.1, -0.05) is 27.7 Å². The van der Waals surface area contributed by atoms with Crippen LogP contribution in [0.15, 0.2) is 0 Å². The Morgan fingerprint density at radius 3 is 1.78 bits per heavy atom. The molecule has 24 nitrogen and oxygen atoms in total. The zero-order valence-electron chi connectivity index (χ0n) is 32.6. The van der Waals surface area contributed by atoms with E-state index in [9.17, 15) is 71.1 Å². The first-order chi connectivity index (χ1) is 26.8. The van der Waals surface area contributed by atoms with Gasteiger partial charge in [0.1, 0.15) is 36.8 Å². The summed E-state index contributed by atoms with van der Waals surface area (Å²) in [6, 6.07) is -5.11. The summed E-state index contributed by atoms with van der Waals surface area (Å²) in [7, 11) is -4.88. The maximum Gasteiger partial charge on any atom is 0.326 e. The fourth-order valence-corrected chi connectivity index (χ4v) is 5.95. The second-order valence-corrected chi connectivity index (χ2v) is 15.8. The summed E-state index contributed by atoms with van der Waals surface area (Å²) in [6.07, 6.45) is -1.39. The highest BCUT2D eigenvalue weighted by atomic mass is 32.2. The number of carbonyl (C=O) groups is 10. The van der Waals surface area contributed by atoms with Gasteiger partial charge in [0, 0.05) is 24.8 Å². The summed E-state index contributed by atoms with van der Waals surface area (Å²) in [5, 5.41) is 41.4. The molecule has 0 spiro atoms. The van der Waals surface area contributed by atoms with E-state index in [2.05, 4.69) is 26.6 Å². The van der Waals surface area contributed by atoms with Crippen LogP contribution in [-0.4, -0.2) is 158 Å². The smallest absolute Gasteiger partial charge is 0.326 e. The van der Waals surface area contributed by atoms with Crippen LogP contribution in [-0.2, 0) is 67.5 Å². The van der Waals surface area contributed by atoms with Crippen LogP contribution in [0, 0.1) is 10.8 Å². The van der Waals surface area contributed by atoms with E-state index < -0.39 is 124 Å². The zero-order chi connectivity index (χ0) is 44.7. The van der Waals surface area contributed by atoms with Gasteiger partial charge < -0.3 is 61.5 Å². The Morgan fingerprint density at radius 1 is 0.690 bits per heavy atom. The fraction of sp³-hybridized carbons (Fsp3) is 0.697. The van der Waals surface area contributed by atoms with E-state index >= 15 is 0 Å². The predicted molar refractivity (Wildman–Crippen MR) is 197 cm³/mol. The topological polar surface area (TPSA) is 376 Å². The number of aliphatic carboxylic acids is 3. The molecule has 3 unspecified atom stereocenters. The van der Waals surface area contributed by atoms with Crippen LogP contribution < -0.4 is 31.9 Å². The molecule has 0 radical (unpaired) electrons. The summed E-state index contributed by atoms with van der Waals surface area (Å²) in [5.74, 6) is -10.3. The predicted octanol–water partition coefficient (Wildman–Crippen LogP) is -3.44. The van der Waals surface area contributed by atoms with Gasteiger partial charge >= 0.3 is 17.9 Å². The van der Waals surface area contributed by atoms with Crippen LogP contribution in [0.3, 0.4) is 0 Å². The van der Waals surface area contributed by atoms with Crippen molar-refractivity contribution in [1.82, 2.24) is 31.9 Å². The maximum atomic E-state index is 13.1. The molecule has 0 aromatic rings. The number of aldehydes is 1. The molecule has 6 amide bonds. The molecule has 0 saturated carbocycles. The lowest BCUT2D eigenvalue weighted by Crippen LogP contribution is -2.56. The summed E-state index contributed by atoms with van der Waals surface area (Å²) in [4.78, 5) is 118. The molecule has 0 aliphatic carbocycles. The van der Waals surface area contributed by atoms with Crippen LogP contribution in [0.5, 0.6) is 0 Å². The van der Waals surface area contributed by atoms with Gasteiger partial charge in [0.15, 0.2) is 0 Å². The largest absolute Gasteiger partial charge is 0.481 e. The van der Waals surface area contributed by atoms with E-state index in [4.69, 9.17) is 14.6 Å². The lowest BCUT2D eigenvalue weighted by Gasteiger charge is -2.34. The van der Waals surface area contributed by atoms with Gasteiger partial charge in [-0.3, -0.25) is 38.1 Å². The molecular weight excluding hydrogens is 800 g/mol. The molecule has 3 atom stereocenters. The number of hydrogen-bond acceptors (Lipinski definition) is 14. The average Bonchev–Trinajstić information content (AvgIpc) is 3.08. The number of amides is 6. The van der Waals surface area contributed by atoms with Crippen LogP contribution in [0.2, 0.25) is 0 Å². The van der Waals surface area contributed by atoms with E-state index in [0.29, 0.717) is 6.29 Å². The minimum Gasteiger partial charge on any atom is -0.481 e. The highest BCUT2D eigenvalue weighted by molar-refractivity contribution is 7.85. The summed E-state index contributed by atoms with van der Waals surface area (Å²) >= 11 is 0. The van der Waals surface area contributed by atoms with Gasteiger partial charge in [-0.2, -0.15) is 8.42 Å². The van der Waals surface area contributed by atoms with E-state index in [1.165, 1.54) is 13.8 Å². The Balaban J connectivity index is 4.74. The van der Waals surface area contributed by atoms with Gasteiger partial charge in [0.05, 0.1) is 39.3 Å². The standard InChI is InChI=1S/C33H54N6O18S/c1-32(2,15-27(45)46)19-33(3,4)31(52)39-22(18-58(53,54)55)28(47)38-21(30(50)51)6-7-23(41)35-10-12-56-13-14-57-17-26(44)37-20(29(48)49)5-8-24(42)36-16-25(43)34-9-11-40/h11,20-22H,5-10,12-19H2,1-4H3,(H,34,43)(H,35,41)(H,36,42)(H,37,44)(H,38,47)(H,39,52)(H,45,46)(H,48,49)(H,50,51)(H,53,54,55). The van der Waals surface area contributed by atoms with Gasteiger partial charge in [0.2, 0.25) is 35.4 Å². The Hall–Kier alpha value is -5.27. The van der Waals surface area contributed by atoms with Crippen molar-refractivity contribution in [1.29, 1.82) is 0 Å². The van der Waals surface area contributed by atoms with E-state index in [1.54, 1.807) is 13.8 Å². The van der Waals surface area contributed by atoms with Crippen molar-refractivity contribution in [3.8, 4) is 0 Å². The highest BCUT2D eigenvalue weighted by Crippen LogP contribution is 2.36. The number of rotatable bonds is 31. The van der Waals surface area contributed by atoms with Crippen molar-refractivity contribution in [2.24, 2.45) is 10.8 Å². The molecule has 0 bridgehead atoms. The molecular formula is C33H54N6O18S. The maximum absolute atomic E-state index is 13.1. The number of carboxylic acids is 3. The third-order valence-corrected chi connectivity index (χ3v) is 8.49. The number of carbonyl (C=O) groups excluding carboxylic acids is 7. The second-order valence-electron chi connectivity index (χ2n) is 14.3. The Morgan fingerprint density at radius 2 is 1.24 bits per heavy atom. The molecule has 0 aromatic carbocycles. The van der Waals surface area contributed by atoms with Crippen molar-refractivity contribution in [3.05, 3.63) is 0 Å². The third kappa shape index (κ3) is 25.1. The summed E-state index contributed by atoms with van der Waals surface area (Å²) in [6.45, 7) is 4.54. The monoisotopic (exact) mass is 854 g/mol. The molecule has 330 valence electrons. The minimum absolute atomic E-state index is 0.0105. The van der Waals surface area contributed by atoms with Crippen LogP contribution >= 0.6 is 0 Å². The van der Waals surface area contributed by atoms with Crippen LogP contribution in [0.4, 0.5) is 0 Å². The number of ether oxygens (including phenoxy) is 2. The van der Waals surface area contributed by atoms with E-state index in [1.807, 2.05) is 5.32 Å². The van der Waals surface area contributed by atoms with Gasteiger partial charge in [0.25, 0.3) is 10.1 Å². The molecule has 0 fully saturated rings.